The van der Waals surface area contributed by atoms with Gasteiger partial charge in [-0.25, -0.2) is 4.39 Å². The Balaban J connectivity index is 0.00000288. The van der Waals surface area contributed by atoms with Crippen LogP contribution in [-0.2, 0) is 5.41 Å². The third-order valence-corrected chi connectivity index (χ3v) is 4.94. The number of benzene rings is 1. The Morgan fingerprint density at radius 1 is 1.29 bits per heavy atom. The first-order chi connectivity index (χ1) is 11.2. The molecule has 0 unspecified atom stereocenters. The van der Waals surface area contributed by atoms with Crippen molar-refractivity contribution in [1.82, 2.24) is 10.6 Å². The minimum absolute atomic E-state index is 0. The molecule has 0 heterocycles. The van der Waals surface area contributed by atoms with Crippen molar-refractivity contribution in [3.63, 3.8) is 0 Å². The Bertz CT molecular complexity index is 521. The molecule has 136 valence electrons. The van der Waals surface area contributed by atoms with Crippen molar-refractivity contribution in [3.05, 3.63) is 35.6 Å². The zero-order valence-corrected chi connectivity index (χ0v) is 17.8. The monoisotopic (exact) mass is 465 g/mol. The molecule has 0 amide bonds. The van der Waals surface area contributed by atoms with E-state index in [9.17, 15) is 4.39 Å². The molecule has 1 aliphatic carbocycles. The van der Waals surface area contributed by atoms with Crippen LogP contribution in [0.5, 0.6) is 0 Å². The minimum Gasteiger partial charge on any atom is -0.357 e. The van der Waals surface area contributed by atoms with Crippen LogP contribution in [0.2, 0.25) is 0 Å². The van der Waals surface area contributed by atoms with Gasteiger partial charge in [-0.3, -0.25) is 4.99 Å². The van der Waals surface area contributed by atoms with Crippen LogP contribution in [0.3, 0.4) is 0 Å². The van der Waals surface area contributed by atoms with Gasteiger partial charge in [0.2, 0.25) is 0 Å². The number of nitrogens with zero attached hydrogens (tertiary/aromatic N) is 1. The summed E-state index contributed by atoms with van der Waals surface area (Å²) >= 11 is 1.89. The number of nitrogens with one attached hydrogen (secondary N) is 2. The molecule has 6 heteroatoms. The van der Waals surface area contributed by atoms with Crippen LogP contribution < -0.4 is 10.6 Å². The lowest BCUT2D eigenvalue weighted by Crippen LogP contribution is -2.38. The van der Waals surface area contributed by atoms with Crippen molar-refractivity contribution in [3.8, 4) is 0 Å². The summed E-state index contributed by atoms with van der Waals surface area (Å²) in [6.07, 6.45) is 6.70. The van der Waals surface area contributed by atoms with E-state index in [0.717, 1.165) is 50.4 Å². The van der Waals surface area contributed by atoms with Crippen LogP contribution in [0.1, 0.15) is 38.2 Å². The van der Waals surface area contributed by atoms with Gasteiger partial charge in [0, 0.05) is 18.5 Å². The van der Waals surface area contributed by atoms with E-state index in [1.165, 1.54) is 18.2 Å². The van der Waals surface area contributed by atoms with Gasteiger partial charge in [-0.05, 0) is 62.3 Å². The SMILES string of the molecule is CCNC(=NCC1(c2cccc(F)c2)CC1)NCCCCSC.I. The quantitative estimate of drug-likeness (QED) is 0.249. The number of halogens is 2. The first kappa shape index (κ1) is 21.5. The molecule has 2 rings (SSSR count). The third kappa shape index (κ3) is 6.78. The summed E-state index contributed by atoms with van der Waals surface area (Å²) in [6, 6.07) is 6.98. The Morgan fingerprint density at radius 2 is 2.08 bits per heavy atom. The molecule has 24 heavy (non-hydrogen) atoms. The molecule has 1 aromatic rings. The average Bonchev–Trinajstić information content (AvgIpc) is 3.33. The highest BCUT2D eigenvalue weighted by molar-refractivity contribution is 14.0. The standard InChI is InChI=1S/C18H28FN3S.HI/c1-3-20-17(21-11-4-5-12-23-2)22-14-18(9-10-18)15-7-6-8-16(19)13-15;/h6-8,13H,3-5,9-12,14H2,1-2H3,(H2,20,21,22);1H. The first-order valence-corrected chi connectivity index (χ1v) is 9.87. The fourth-order valence-electron chi connectivity index (χ4n) is 2.66. The lowest BCUT2D eigenvalue weighted by atomic mass is 9.96. The van der Waals surface area contributed by atoms with E-state index in [1.807, 2.05) is 17.8 Å². The topological polar surface area (TPSA) is 36.4 Å². The van der Waals surface area contributed by atoms with Crippen LogP contribution in [0.4, 0.5) is 4.39 Å². The third-order valence-electron chi connectivity index (χ3n) is 4.24. The maximum atomic E-state index is 13.5. The second-order valence-corrected chi connectivity index (χ2v) is 7.10. The van der Waals surface area contributed by atoms with Crippen molar-refractivity contribution in [2.75, 3.05) is 31.6 Å². The Kier molecular flexibility index (Phi) is 10.0. The van der Waals surface area contributed by atoms with Gasteiger partial charge in [-0.2, -0.15) is 11.8 Å². The summed E-state index contributed by atoms with van der Waals surface area (Å²) < 4.78 is 13.5. The van der Waals surface area contributed by atoms with Gasteiger partial charge in [-0.1, -0.05) is 12.1 Å². The van der Waals surface area contributed by atoms with E-state index in [1.54, 1.807) is 12.1 Å². The zero-order chi connectivity index (χ0) is 16.5. The molecule has 1 aromatic carbocycles. The van der Waals surface area contributed by atoms with Crippen LogP contribution >= 0.6 is 35.7 Å². The largest absolute Gasteiger partial charge is 0.357 e. The fourth-order valence-corrected chi connectivity index (χ4v) is 3.15. The van der Waals surface area contributed by atoms with E-state index in [4.69, 9.17) is 4.99 Å². The molecular formula is C18H29FIN3S. The van der Waals surface area contributed by atoms with E-state index in [-0.39, 0.29) is 35.2 Å². The number of rotatable bonds is 9. The van der Waals surface area contributed by atoms with Gasteiger partial charge in [0.25, 0.3) is 0 Å². The van der Waals surface area contributed by atoms with E-state index >= 15 is 0 Å². The van der Waals surface area contributed by atoms with Crippen molar-refractivity contribution in [2.24, 2.45) is 4.99 Å². The fraction of sp³-hybridized carbons (Fsp3) is 0.611. The molecular weight excluding hydrogens is 436 g/mol. The van der Waals surface area contributed by atoms with Gasteiger partial charge < -0.3 is 10.6 Å². The highest BCUT2D eigenvalue weighted by atomic mass is 127. The Hall–Kier alpha value is -0.500. The van der Waals surface area contributed by atoms with Gasteiger partial charge in [-0.15, -0.1) is 24.0 Å². The number of hydrogen-bond donors (Lipinski definition) is 2. The molecule has 0 spiro atoms. The summed E-state index contributed by atoms with van der Waals surface area (Å²) in [4.78, 5) is 4.74. The van der Waals surface area contributed by atoms with Crippen LogP contribution in [0.15, 0.2) is 29.3 Å². The summed E-state index contributed by atoms with van der Waals surface area (Å²) in [6.45, 7) is 4.59. The molecule has 0 radical (unpaired) electrons. The van der Waals surface area contributed by atoms with E-state index in [2.05, 4.69) is 23.8 Å². The molecule has 0 saturated heterocycles. The number of thioether (sulfide) groups is 1. The summed E-state index contributed by atoms with van der Waals surface area (Å²) in [7, 11) is 0. The average molecular weight is 465 g/mol. The number of aliphatic imine (C=N–C) groups is 1. The maximum absolute atomic E-state index is 13.5. The van der Waals surface area contributed by atoms with Gasteiger partial charge in [0.1, 0.15) is 5.82 Å². The molecule has 2 N–H and O–H groups in total. The predicted molar refractivity (Wildman–Crippen MR) is 114 cm³/mol. The molecule has 1 aliphatic rings. The molecule has 1 fully saturated rings. The summed E-state index contributed by atoms with van der Waals surface area (Å²) in [5, 5.41) is 6.69. The lowest BCUT2D eigenvalue weighted by molar-refractivity contribution is 0.615. The summed E-state index contributed by atoms with van der Waals surface area (Å²) in [5.74, 6) is 1.92. The Labute approximate surface area is 166 Å². The van der Waals surface area contributed by atoms with Gasteiger partial charge in [0.15, 0.2) is 5.96 Å². The van der Waals surface area contributed by atoms with Gasteiger partial charge >= 0.3 is 0 Å². The van der Waals surface area contributed by atoms with Crippen molar-refractivity contribution in [1.29, 1.82) is 0 Å². The smallest absolute Gasteiger partial charge is 0.191 e. The lowest BCUT2D eigenvalue weighted by Gasteiger charge is -2.16. The summed E-state index contributed by atoms with van der Waals surface area (Å²) in [5.41, 5.74) is 1.13. The second-order valence-electron chi connectivity index (χ2n) is 6.11. The van der Waals surface area contributed by atoms with Gasteiger partial charge in [0.05, 0.1) is 6.54 Å². The second kappa shape index (κ2) is 11.2. The number of hydrogen-bond acceptors (Lipinski definition) is 2. The number of unbranched alkanes of at least 4 members (excludes halogenated alkanes) is 1. The van der Waals surface area contributed by atoms with E-state index < -0.39 is 0 Å². The molecule has 0 atom stereocenters. The molecule has 0 aliphatic heterocycles. The van der Waals surface area contributed by atoms with Crippen molar-refractivity contribution in [2.45, 2.75) is 38.0 Å². The zero-order valence-electron chi connectivity index (χ0n) is 14.6. The predicted octanol–water partition coefficient (Wildman–Crippen LogP) is 4.17. The van der Waals surface area contributed by atoms with E-state index in [0.29, 0.717) is 0 Å². The molecule has 0 bridgehead atoms. The van der Waals surface area contributed by atoms with Crippen LogP contribution in [-0.4, -0.2) is 37.6 Å². The molecule has 1 saturated carbocycles. The highest BCUT2D eigenvalue weighted by Gasteiger charge is 2.44. The van der Waals surface area contributed by atoms with Crippen molar-refractivity contribution >= 4 is 41.7 Å². The maximum Gasteiger partial charge on any atom is 0.191 e. The van der Waals surface area contributed by atoms with Crippen LogP contribution in [0.25, 0.3) is 0 Å². The molecule has 3 nitrogen and oxygen atoms in total. The highest BCUT2D eigenvalue weighted by Crippen LogP contribution is 2.48. The van der Waals surface area contributed by atoms with Crippen molar-refractivity contribution < 1.29 is 4.39 Å². The van der Waals surface area contributed by atoms with Crippen LogP contribution in [0, 0.1) is 5.82 Å². The number of guanidine groups is 1. The Morgan fingerprint density at radius 3 is 2.71 bits per heavy atom. The first-order valence-electron chi connectivity index (χ1n) is 8.47. The molecule has 0 aromatic heterocycles. The normalized spacial score (nSPS) is 15.5. The minimum atomic E-state index is -0.156.